The van der Waals surface area contributed by atoms with Gasteiger partial charge in [-0.1, -0.05) is 6.92 Å². The monoisotopic (exact) mass is 237 g/mol. The fourth-order valence-electron chi connectivity index (χ4n) is 2.32. The number of nitrogens with zero attached hydrogens (tertiary/aromatic N) is 2. The lowest BCUT2D eigenvalue weighted by Gasteiger charge is -2.22. The Morgan fingerprint density at radius 2 is 2.41 bits per heavy atom. The van der Waals surface area contributed by atoms with Crippen molar-refractivity contribution >= 4 is 5.82 Å². The second kappa shape index (κ2) is 5.54. The lowest BCUT2D eigenvalue weighted by atomic mass is 9.97. The molecular weight excluding hydrogens is 214 g/mol. The molecule has 1 N–H and O–H groups in total. The molecule has 4 nitrogen and oxygen atoms in total. The first-order valence-electron chi connectivity index (χ1n) is 6.60. The predicted octanol–water partition coefficient (Wildman–Crippen LogP) is 2.69. The van der Waals surface area contributed by atoms with Gasteiger partial charge >= 0.3 is 0 Å². The third-order valence-corrected chi connectivity index (χ3v) is 3.44. The molecule has 17 heavy (non-hydrogen) atoms. The molecular formula is C13H23N3O. The van der Waals surface area contributed by atoms with Crippen molar-refractivity contribution in [1.29, 1.82) is 0 Å². The van der Waals surface area contributed by atoms with Gasteiger partial charge in [-0.05, 0) is 26.7 Å². The van der Waals surface area contributed by atoms with E-state index in [4.69, 9.17) is 4.74 Å². The Balaban J connectivity index is 1.97. The van der Waals surface area contributed by atoms with Crippen LogP contribution in [0.1, 0.15) is 39.7 Å². The van der Waals surface area contributed by atoms with Crippen LogP contribution in [0.5, 0.6) is 0 Å². The molecule has 2 heterocycles. The van der Waals surface area contributed by atoms with Gasteiger partial charge < -0.3 is 10.1 Å². The first-order chi connectivity index (χ1) is 8.20. The molecule has 2 unspecified atom stereocenters. The van der Waals surface area contributed by atoms with Gasteiger partial charge in [0.25, 0.3) is 0 Å². The summed E-state index contributed by atoms with van der Waals surface area (Å²) in [6, 6.07) is 2.95. The molecule has 0 aliphatic carbocycles. The molecule has 96 valence electrons. The molecule has 0 bridgehead atoms. The largest absolute Gasteiger partial charge is 0.381 e. The van der Waals surface area contributed by atoms with E-state index in [0.29, 0.717) is 18.0 Å². The minimum absolute atomic E-state index is 0.417. The van der Waals surface area contributed by atoms with Gasteiger partial charge in [-0.3, -0.25) is 4.68 Å². The van der Waals surface area contributed by atoms with E-state index in [0.717, 1.165) is 31.9 Å². The van der Waals surface area contributed by atoms with E-state index in [1.54, 1.807) is 0 Å². The Hall–Kier alpha value is -1.03. The second-order valence-corrected chi connectivity index (χ2v) is 5.06. The van der Waals surface area contributed by atoms with Crippen molar-refractivity contribution in [3.8, 4) is 0 Å². The minimum atomic E-state index is 0.417. The summed E-state index contributed by atoms with van der Waals surface area (Å²) >= 11 is 0. The fraction of sp³-hybridized carbons (Fsp3) is 0.769. The van der Waals surface area contributed by atoms with Crippen LogP contribution in [0.3, 0.4) is 0 Å². The molecule has 1 aromatic rings. The van der Waals surface area contributed by atoms with Gasteiger partial charge in [0, 0.05) is 36.9 Å². The lowest BCUT2D eigenvalue weighted by molar-refractivity contribution is 0.181. The third kappa shape index (κ3) is 3.00. The molecule has 1 fully saturated rings. The number of hydrogen-bond donors (Lipinski definition) is 1. The standard InChI is InChI=1S/C13H23N3O/c1-4-12(11-6-8-17-9-11)14-13-5-7-16(15-13)10(2)3/h5,7,10-12H,4,6,8-9H2,1-3H3,(H,14,15). The topological polar surface area (TPSA) is 39.1 Å². The van der Waals surface area contributed by atoms with Crippen LogP contribution in [0.15, 0.2) is 12.3 Å². The summed E-state index contributed by atoms with van der Waals surface area (Å²) in [5.74, 6) is 1.61. The van der Waals surface area contributed by atoms with Crippen LogP contribution in [0.2, 0.25) is 0 Å². The number of hydrogen-bond acceptors (Lipinski definition) is 3. The highest BCUT2D eigenvalue weighted by Gasteiger charge is 2.24. The van der Waals surface area contributed by atoms with Crippen molar-refractivity contribution in [3.63, 3.8) is 0 Å². The zero-order valence-electron chi connectivity index (χ0n) is 11.0. The van der Waals surface area contributed by atoms with E-state index >= 15 is 0 Å². The van der Waals surface area contributed by atoms with Crippen LogP contribution in [0, 0.1) is 5.92 Å². The van der Waals surface area contributed by atoms with Crippen LogP contribution in [0.25, 0.3) is 0 Å². The molecule has 0 amide bonds. The van der Waals surface area contributed by atoms with Crippen molar-refractivity contribution in [2.75, 3.05) is 18.5 Å². The van der Waals surface area contributed by atoms with Crippen molar-refractivity contribution in [1.82, 2.24) is 9.78 Å². The van der Waals surface area contributed by atoms with Crippen molar-refractivity contribution in [2.24, 2.45) is 5.92 Å². The molecule has 0 radical (unpaired) electrons. The van der Waals surface area contributed by atoms with Crippen molar-refractivity contribution in [2.45, 2.75) is 45.7 Å². The SMILES string of the molecule is CCC(Nc1ccn(C(C)C)n1)C1CCOC1. The molecule has 0 spiro atoms. The van der Waals surface area contributed by atoms with Crippen molar-refractivity contribution < 1.29 is 4.74 Å². The highest BCUT2D eigenvalue weighted by Crippen LogP contribution is 2.22. The summed E-state index contributed by atoms with van der Waals surface area (Å²) in [6.07, 6.45) is 4.31. The molecule has 2 rings (SSSR count). The molecule has 4 heteroatoms. The van der Waals surface area contributed by atoms with Crippen LogP contribution in [-0.2, 0) is 4.74 Å². The number of rotatable bonds is 5. The van der Waals surface area contributed by atoms with E-state index in [-0.39, 0.29) is 0 Å². The maximum Gasteiger partial charge on any atom is 0.148 e. The van der Waals surface area contributed by atoms with Gasteiger partial charge in [0.05, 0.1) is 6.61 Å². The highest BCUT2D eigenvalue weighted by molar-refractivity contribution is 5.34. The van der Waals surface area contributed by atoms with Crippen LogP contribution < -0.4 is 5.32 Å². The molecule has 2 atom stereocenters. The van der Waals surface area contributed by atoms with Gasteiger partial charge in [0.1, 0.15) is 5.82 Å². The summed E-state index contributed by atoms with van der Waals surface area (Å²) < 4.78 is 7.44. The van der Waals surface area contributed by atoms with Crippen molar-refractivity contribution in [3.05, 3.63) is 12.3 Å². The Kier molecular flexibility index (Phi) is 4.05. The molecule has 1 aliphatic heterocycles. The van der Waals surface area contributed by atoms with Crippen LogP contribution >= 0.6 is 0 Å². The molecule has 0 saturated carbocycles. The lowest BCUT2D eigenvalue weighted by Crippen LogP contribution is -2.29. The summed E-state index contributed by atoms with van der Waals surface area (Å²) in [7, 11) is 0. The van der Waals surface area contributed by atoms with E-state index in [1.807, 2.05) is 10.9 Å². The zero-order valence-corrected chi connectivity index (χ0v) is 11.0. The minimum Gasteiger partial charge on any atom is -0.381 e. The van der Waals surface area contributed by atoms with Gasteiger partial charge in [-0.2, -0.15) is 5.10 Å². The van der Waals surface area contributed by atoms with E-state index < -0.39 is 0 Å². The maximum absolute atomic E-state index is 5.46. The Bertz CT molecular complexity index is 342. The molecule has 1 saturated heterocycles. The smallest absolute Gasteiger partial charge is 0.148 e. The van der Waals surface area contributed by atoms with Gasteiger partial charge in [0.2, 0.25) is 0 Å². The zero-order chi connectivity index (χ0) is 12.3. The quantitative estimate of drug-likeness (QED) is 0.855. The highest BCUT2D eigenvalue weighted by atomic mass is 16.5. The van der Waals surface area contributed by atoms with Gasteiger partial charge in [-0.25, -0.2) is 0 Å². The predicted molar refractivity (Wildman–Crippen MR) is 69.2 cm³/mol. The Morgan fingerprint density at radius 3 is 2.94 bits per heavy atom. The molecule has 1 aliphatic rings. The molecule has 0 aromatic carbocycles. The van der Waals surface area contributed by atoms with E-state index in [2.05, 4.69) is 37.3 Å². The van der Waals surface area contributed by atoms with Gasteiger partial charge in [0.15, 0.2) is 0 Å². The number of ether oxygens (including phenoxy) is 1. The number of anilines is 1. The first kappa shape index (κ1) is 12.4. The van der Waals surface area contributed by atoms with Gasteiger partial charge in [-0.15, -0.1) is 0 Å². The summed E-state index contributed by atoms with van der Waals surface area (Å²) in [4.78, 5) is 0. The average Bonchev–Trinajstić information content (AvgIpc) is 2.96. The third-order valence-electron chi connectivity index (χ3n) is 3.44. The summed E-state index contributed by atoms with van der Waals surface area (Å²) in [6.45, 7) is 8.28. The molecule has 1 aromatic heterocycles. The average molecular weight is 237 g/mol. The maximum atomic E-state index is 5.46. The number of aromatic nitrogens is 2. The van der Waals surface area contributed by atoms with Crippen LogP contribution in [-0.4, -0.2) is 29.0 Å². The first-order valence-corrected chi connectivity index (χ1v) is 6.60. The van der Waals surface area contributed by atoms with E-state index in [1.165, 1.54) is 0 Å². The normalized spacial score (nSPS) is 22.0. The fourth-order valence-corrected chi connectivity index (χ4v) is 2.32. The summed E-state index contributed by atoms with van der Waals surface area (Å²) in [5, 5.41) is 8.07. The van der Waals surface area contributed by atoms with E-state index in [9.17, 15) is 0 Å². The second-order valence-electron chi connectivity index (χ2n) is 5.06. The van der Waals surface area contributed by atoms with Crippen LogP contribution in [0.4, 0.5) is 5.82 Å². The Labute approximate surface area is 103 Å². The Morgan fingerprint density at radius 1 is 1.59 bits per heavy atom. The summed E-state index contributed by atoms with van der Waals surface area (Å²) in [5.41, 5.74) is 0. The number of nitrogens with one attached hydrogen (secondary N) is 1.